The van der Waals surface area contributed by atoms with Crippen LogP contribution < -0.4 is 20.3 Å². The van der Waals surface area contributed by atoms with Crippen molar-refractivity contribution in [1.82, 2.24) is 0 Å². The lowest BCUT2D eigenvalue weighted by molar-refractivity contribution is -0.115. The summed E-state index contributed by atoms with van der Waals surface area (Å²) in [6.45, 7) is 0.120. The summed E-state index contributed by atoms with van der Waals surface area (Å²) in [7, 11) is 0. The van der Waals surface area contributed by atoms with E-state index in [9.17, 15) is 9.59 Å². The Kier molecular flexibility index (Phi) is 5.35. The minimum atomic E-state index is -0.283. The predicted molar refractivity (Wildman–Crippen MR) is 114 cm³/mol. The van der Waals surface area contributed by atoms with Crippen LogP contribution in [0.1, 0.15) is 0 Å². The Morgan fingerprint density at radius 1 is 1.07 bits per heavy atom. The van der Waals surface area contributed by atoms with Crippen molar-refractivity contribution in [2.24, 2.45) is 0 Å². The Morgan fingerprint density at radius 3 is 2.66 bits per heavy atom. The fourth-order valence-corrected chi connectivity index (χ4v) is 3.28. The Morgan fingerprint density at radius 2 is 1.83 bits per heavy atom. The highest BCUT2D eigenvalue weighted by molar-refractivity contribution is 6.31. The molecule has 1 aliphatic heterocycles. The van der Waals surface area contributed by atoms with Gasteiger partial charge < -0.3 is 20.3 Å². The predicted octanol–water partition coefficient (Wildman–Crippen LogP) is 4.53. The first-order chi connectivity index (χ1) is 14.1. The number of para-hydroxylation sites is 3. The van der Waals surface area contributed by atoms with Gasteiger partial charge >= 0.3 is 0 Å². The van der Waals surface area contributed by atoms with E-state index in [1.54, 1.807) is 29.2 Å². The summed E-state index contributed by atoms with van der Waals surface area (Å²) in [5, 5.41) is 6.13. The molecule has 3 aromatic carbocycles. The molecule has 1 aliphatic rings. The molecule has 1 heterocycles. The molecule has 0 bridgehead atoms. The average Bonchev–Trinajstić information content (AvgIpc) is 2.70. The first-order valence-corrected chi connectivity index (χ1v) is 9.42. The van der Waals surface area contributed by atoms with Crippen LogP contribution in [0, 0.1) is 0 Å². The highest BCUT2D eigenvalue weighted by atomic mass is 35.5. The van der Waals surface area contributed by atoms with Gasteiger partial charge in [-0.05, 0) is 42.5 Å². The van der Waals surface area contributed by atoms with E-state index in [4.69, 9.17) is 16.3 Å². The Bertz CT molecular complexity index is 1060. The second-order valence-corrected chi connectivity index (χ2v) is 6.96. The third-order valence-corrected chi connectivity index (χ3v) is 4.61. The molecule has 2 N–H and O–H groups in total. The average molecular weight is 408 g/mol. The summed E-state index contributed by atoms with van der Waals surface area (Å²) in [5.41, 5.74) is 1.95. The van der Waals surface area contributed by atoms with Crippen molar-refractivity contribution in [2.45, 2.75) is 0 Å². The minimum absolute atomic E-state index is 0.0156. The maximum atomic E-state index is 12.7. The molecule has 146 valence electrons. The van der Waals surface area contributed by atoms with Crippen molar-refractivity contribution in [2.75, 3.05) is 28.6 Å². The highest BCUT2D eigenvalue weighted by Gasteiger charge is 2.23. The molecule has 0 atom stereocenters. The van der Waals surface area contributed by atoms with Crippen LogP contribution in [-0.2, 0) is 9.59 Å². The van der Waals surface area contributed by atoms with Crippen LogP contribution >= 0.6 is 11.6 Å². The molecule has 0 saturated carbocycles. The van der Waals surface area contributed by atoms with E-state index in [0.29, 0.717) is 27.9 Å². The van der Waals surface area contributed by atoms with Gasteiger partial charge in [-0.25, -0.2) is 0 Å². The molecule has 2 amide bonds. The number of benzene rings is 3. The van der Waals surface area contributed by atoms with Crippen LogP contribution in [0.5, 0.6) is 11.5 Å². The Labute approximate surface area is 173 Å². The largest absolute Gasteiger partial charge is 0.455 e. The lowest BCUT2D eigenvalue weighted by Crippen LogP contribution is -2.42. The van der Waals surface area contributed by atoms with E-state index in [0.717, 1.165) is 5.69 Å². The molecule has 0 aliphatic carbocycles. The number of hydrogen-bond acceptors (Lipinski definition) is 4. The minimum Gasteiger partial charge on any atom is -0.455 e. The zero-order valence-corrected chi connectivity index (χ0v) is 16.1. The quantitative estimate of drug-likeness (QED) is 0.652. The molecule has 6 nitrogen and oxygen atoms in total. The zero-order chi connectivity index (χ0) is 20.2. The van der Waals surface area contributed by atoms with Crippen molar-refractivity contribution in [3.8, 4) is 11.5 Å². The van der Waals surface area contributed by atoms with Crippen LogP contribution in [-0.4, -0.2) is 24.9 Å². The SMILES string of the molecule is O=C(CN1CC(=O)Nc2ccccc21)Nc1cc(Cl)ccc1Oc1ccccc1. The molecule has 3 aromatic rings. The van der Waals surface area contributed by atoms with Gasteiger partial charge in [0.1, 0.15) is 5.75 Å². The highest BCUT2D eigenvalue weighted by Crippen LogP contribution is 2.33. The number of halogens is 1. The van der Waals surface area contributed by atoms with Gasteiger partial charge in [-0.1, -0.05) is 41.9 Å². The summed E-state index contributed by atoms with van der Waals surface area (Å²) in [5.74, 6) is 0.680. The fraction of sp³-hybridized carbons (Fsp3) is 0.0909. The lowest BCUT2D eigenvalue weighted by Gasteiger charge is -2.30. The molecule has 4 rings (SSSR count). The monoisotopic (exact) mass is 407 g/mol. The second-order valence-electron chi connectivity index (χ2n) is 6.53. The van der Waals surface area contributed by atoms with E-state index < -0.39 is 0 Å². The zero-order valence-electron chi connectivity index (χ0n) is 15.4. The maximum Gasteiger partial charge on any atom is 0.244 e. The maximum absolute atomic E-state index is 12.7. The molecule has 0 unspecified atom stereocenters. The summed E-state index contributed by atoms with van der Waals surface area (Å²) >= 11 is 6.11. The summed E-state index contributed by atoms with van der Waals surface area (Å²) < 4.78 is 5.88. The fourth-order valence-electron chi connectivity index (χ4n) is 3.11. The molecule has 0 aromatic heterocycles. The summed E-state index contributed by atoms with van der Waals surface area (Å²) in [6, 6.07) is 21.7. The van der Waals surface area contributed by atoms with Gasteiger partial charge in [0, 0.05) is 5.02 Å². The van der Waals surface area contributed by atoms with Gasteiger partial charge in [-0.2, -0.15) is 0 Å². The number of rotatable bonds is 5. The van der Waals surface area contributed by atoms with Crippen LogP contribution in [0.4, 0.5) is 17.1 Å². The first kappa shape index (κ1) is 18.8. The number of ether oxygens (including phenoxy) is 1. The number of nitrogens with one attached hydrogen (secondary N) is 2. The van der Waals surface area contributed by atoms with Gasteiger partial charge in [-0.15, -0.1) is 0 Å². The first-order valence-electron chi connectivity index (χ1n) is 9.04. The van der Waals surface area contributed by atoms with Crippen molar-refractivity contribution in [1.29, 1.82) is 0 Å². The molecular weight excluding hydrogens is 390 g/mol. The molecular formula is C22H18ClN3O3. The van der Waals surface area contributed by atoms with Crippen molar-refractivity contribution < 1.29 is 14.3 Å². The molecule has 0 radical (unpaired) electrons. The van der Waals surface area contributed by atoms with E-state index >= 15 is 0 Å². The normalized spacial score (nSPS) is 12.7. The van der Waals surface area contributed by atoms with Crippen molar-refractivity contribution in [3.63, 3.8) is 0 Å². The van der Waals surface area contributed by atoms with Crippen LogP contribution in [0.3, 0.4) is 0 Å². The third kappa shape index (κ3) is 4.50. The van der Waals surface area contributed by atoms with Crippen LogP contribution in [0.15, 0.2) is 72.8 Å². The molecule has 0 saturated heterocycles. The molecule has 0 fully saturated rings. The number of carbonyl (C=O) groups is 2. The van der Waals surface area contributed by atoms with E-state index in [-0.39, 0.29) is 24.9 Å². The molecule has 7 heteroatoms. The molecule has 0 spiro atoms. The summed E-state index contributed by atoms with van der Waals surface area (Å²) in [6.07, 6.45) is 0. The van der Waals surface area contributed by atoms with Crippen molar-refractivity contribution >= 4 is 40.5 Å². The van der Waals surface area contributed by atoms with Crippen LogP contribution in [0.2, 0.25) is 5.02 Å². The van der Waals surface area contributed by atoms with Gasteiger partial charge in [0.25, 0.3) is 0 Å². The smallest absolute Gasteiger partial charge is 0.244 e. The third-order valence-electron chi connectivity index (χ3n) is 4.37. The van der Waals surface area contributed by atoms with Crippen molar-refractivity contribution in [3.05, 3.63) is 77.8 Å². The number of fused-ring (bicyclic) bond motifs is 1. The number of nitrogens with zero attached hydrogens (tertiary/aromatic N) is 1. The van der Waals surface area contributed by atoms with Gasteiger partial charge in [-0.3, -0.25) is 9.59 Å². The lowest BCUT2D eigenvalue weighted by atomic mass is 10.2. The topological polar surface area (TPSA) is 70.7 Å². The Balaban J connectivity index is 1.52. The van der Waals surface area contributed by atoms with E-state index in [1.165, 1.54) is 0 Å². The van der Waals surface area contributed by atoms with Gasteiger partial charge in [0.15, 0.2) is 5.75 Å². The molecule has 29 heavy (non-hydrogen) atoms. The van der Waals surface area contributed by atoms with Gasteiger partial charge in [0.2, 0.25) is 11.8 Å². The van der Waals surface area contributed by atoms with E-state index in [2.05, 4.69) is 10.6 Å². The van der Waals surface area contributed by atoms with E-state index in [1.807, 2.05) is 48.5 Å². The van der Waals surface area contributed by atoms with Crippen LogP contribution in [0.25, 0.3) is 0 Å². The summed E-state index contributed by atoms with van der Waals surface area (Å²) in [4.78, 5) is 26.4. The standard InChI is InChI=1S/C22H18ClN3O3/c23-15-10-11-20(29-16-6-2-1-3-7-16)18(12-15)25-22(28)14-26-13-21(27)24-17-8-4-5-9-19(17)26/h1-12H,13-14H2,(H,24,27)(H,25,28). The number of amides is 2. The second kappa shape index (κ2) is 8.24. The Hall–Kier alpha value is -3.51. The number of carbonyl (C=O) groups excluding carboxylic acids is 2. The van der Waals surface area contributed by atoms with Gasteiger partial charge in [0.05, 0.1) is 30.2 Å². The number of hydrogen-bond donors (Lipinski definition) is 2. The number of anilines is 3.